The number of nitrogens with one attached hydrogen (secondary N) is 1. The highest BCUT2D eigenvalue weighted by atomic mass is 32.2. The summed E-state index contributed by atoms with van der Waals surface area (Å²) in [7, 11) is -0.701. The molecule has 0 fully saturated rings. The first-order valence-corrected chi connectivity index (χ1v) is 6.95. The van der Waals surface area contributed by atoms with E-state index in [9.17, 15) is 15.0 Å². The van der Waals surface area contributed by atoms with E-state index in [0.29, 0.717) is 12.0 Å². The SMILES string of the molecule is C=S1N=NNN1CC(C=C(CC)C(C)[N+](=O)[O-])N=O. The summed E-state index contributed by atoms with van der Waals surface area (Å²) in [5, 5.41) is 17.3. The van der Waals surface area contributed by atoms with E-state index in [1.54, 1.807) is 11.3 Å². The van der Waals surface area contributed by atoms with Crippen LogP contribution in [0.15, 0.2) is 26.6 Å². The van der Waals surface area contributed by atoms with Crippen molar-refractivity contribution in [2.45, 2.75) is 32.4 Å². The Morgan fingerprint density at radius 2 is 2.42 bits per heavy atom. The molecule has 106 valence electrons. The summed E-state index contributed by atoms with van der Waals surface area (Å²) >= 11 is 0. The van der Waals surface area contributed by atoms with Gasteiger partial charge in [0.15, 0.2) is 0 Å². The molecule has 0 aliphatic carbocycles. The first kappa shape index (κ1) is 15.4. The molecule has 3 atom stereocenters. The van der Waals surface area contributed by atoms with Crippen molar-refractivity contribution in [3.05, 3.63) is 26.7 Å². The van der Waals surface area contributed by atoms with Gasteiger partial charge in [0.1, 0.15) is 6.04 Å². The van der Waals surface area contributed by atoms with Crippen molar-refractivity contribution in [3.8, 4) is 0 Å². The summed E-state index contributed by atoms with van der Waals surface area (Å²) in [6.45, 7) is 3.51. The Hall–Kier alpha value is -1.68. The topological polar surface area (TPSA) is 113 Å². The van der Waals surface area contributed by atoms with Crippen molar-refractivity contribution >= 4 is 16.7 Å². The molecule has 0 spiro atoms. The summed E-state index contributed by atoms with van der Waals surface area (Å²) in [6, 6.07) is -1.53. The first-order valence-electron chi connectivity index (χ1n) is 5.64. The normalized spacial score (nSPS) is 22.8. The number of nitroso groups, excluding NO2 is 1. The van der Waals surface area contributed by atoms with E-state index in [0.717, 1.165) is 0 Å². The molecule has 0 aromatic heterocycles. The Kier molecular flexibility index (Phi) is 5.70. The van der Waals surface area contributed by atoms with Gasteiger partial charge in [-0.2, -0.15) is 4.91 Å². The summed E-state index contributed by atoms with van der Waals surface area (Å²) < 4.78 is 5.31. The Morgan fingerprint density at radius 1 is 1.74 bits per heavy atom. The molecule has 1 rings (SSSR count). The van der Waals surface area contributed by atoms with Crippen molar-refractivity contribution in [1.82, 2.24) is 9.95 Å². The molecule has 1 N–H and O–H groups in total. The highest BCUT2D eigenvalue weighted by Gasteiger charge is 2.22. The predicted molar refractivity (Wildman–Crippen MR) is 73.8 cm³/mol. The van der Waals surface area contributed by atoms with Crippen LogP contribution in [0, 0.1) is 15.0 Å². The molecule has 0 bridgehead atoms. The molecule has 1 aliphatic heterocycles. The van der Waals surface area contributed by atoms with E-state index in [-0.39, 0.29) is 11.5 Å². The third-order valence-electron chi connectivity index (χ3n) is 2.70. The molecule has 0 aromatic rings. The largest absolute Gasteiger partial charge is 0.264 e. The van der Waals surface area contributed by atoms with E-state index in [2.05, 4.69) is 26.3 Å². The molecular weight excluding hydrogens is 272 g/mol. The van der Waals surface area contributed by atoms with Gasteiger partial charge >= 0.3 is 0 Å². The average Bonchev–Trinajstić information content (AvgIpc) is 2.79. The second-order valence-corrected chi connectivity index (χ2v) is 5.20. The number of rotatable bonds is 7. The molecule has 1 aliphatic rings. The lowest BCUT2D eigenvalue weighted by molar-refractivity contribution is -0.508. The molecule has 10 heteroatoms. The molecule has 0 radical (unpaired) electrons. The Morgan fingerprint density at radius 3 is 2.84 bits per heavy atom. The van der Waals surface area contributed by atoms with E-state index in [1.165, 1.54) is 13.0 Å². The van der Waals surface area contributed by atoms with Crippen molar-refractivity contribution in [1.29, 1.82) is 0 Å². The van der Waals surface area contributed by atoms with Crippen LogP contribution in [0.3, 0.4) is 0 Å². The lowest BCUT2D eigenvalue weighted by Gasteiger charge is -2.16. The van der Waals surface area contributed by atoms with E-state index in [1.807, 2.05) is 0 Å². The van der Waals surface area contributed by atoms with Crippen molar-refractivity contribution in [2.24, 2.45) is 14.9 Å². The number of hydrazine groups is 1. The third-order valence-corrected chi connectivity index (χ3v) is 3.71. The van der Waals surface area contributed by atoms with Crippen molar-refractivity contribution in [2.75, 3.05) is 6.54 Å². The van der Waals surface area contributed by atoms with Gasteiger partial charge in [-0.05, 0) is 23.6 Å². The predicted octanol–water partition coefficient (Wildman–Crippen LogP) is 1.84. The summed E-state index contributed by atoms with van der Waals surface area (Å²) in [5.74, 6) is 3.73. The van der Waals surface area contributed by atoms with Crippen molar-refractivity contribution < 1.29 is 4.92 Å². The second-order valence-electron chi connectivity index (χ2n) is 3.91. The zero-order valence-electron chi connectivity index (χ0n) is 10.7. The van der Waals surface area contributed by atoms with Crippen LogP contribution in [0.25, 0.3) is 0 Å². The van der Waals surface area contributed by atoms with Crippen LogP contribution >= 0.6 is 10.9 Å². The van der Waals surface area contributed by atoms with E-state index >= 15 is 0 Å². The third kappa shape index (κ3) is 4.17. The fourth-order valence-electron chi connectivity index (χ4n) is 1.55. The van der Waals surface area contributed by atoms with Gasteiger partial charge in [-0.15, -0.1) is 4.41 Å². The highest BCUT2D eigenvalue weighted by molar-refractivity contribution is 8.10. The number of nitrogens with zero attached hydrogens (tertiary/aromatic N) is 5. The van der Waals surface area contributed by atoms with Gasteiger partial charge in [-0.1, -0.05) is 16.6 Å². The molecule has 0 amide bonds. The van der Waals surface area contributed by atoms with Crippen LogP contribution in [0.5, 0.6) is 0 Å². The van der Waals surface area contributed by atoms with E-state index in [4.69, 9.17) is 0 Å². The molecule has 0 saturated carbocycles. The second kappa shape index (κ2) is 7.04. The van der Waals surface area contributed by atoms with Gasteiger partial charge in [-0.3, -0.25) is 10.1 Å². The van der Waals surface area contributed by atoms with Gasteiger partial charge in [0, 0.05) is 28.3 Å². The Bertz CT molecular complexity index is 438. The minimum absolute atomic E-state index is 0.219. The zero-order chi connectivity index (χ0) is 14.4. The molecule has 0 saturated heterocycles. The van der Waals surface area contributed by atoms with Crippen LogP contribution in [0.4, 0.5) is 0 Å². The lowest BCUT2D eigenvalue weighted by atomic mass is 10.0. The first-order chi connectivity index (χ1) is 8.99. The summed E-state index contributed by atoms with van der Waals surface area (Å²) in [4.78, 5) is 21.2. The Labute approximate surface area is 113 Å². The monoisotopic (exact) mass is 288 g/mol. The summed E-state index contributed by atoms with van der Waals surface area (Å²) in [6.07, 6.45) is 2.03. The lowest BCUT2D eigenvalue weighted by Crippen LogP contribution is -2.32. The van der Waals surface area contributed by atoms with Crippen molar-refractivity contribution in [3.63, 3.8) is 0 Å². The van der Waals surface area contributed by atoms with Gasteiger partial charge in [0.25, 0.3) is 0 Å². The van der Waals surface area contributed by atoms with Gasteiger partial charge in [0.2, 0.25) is 6.04 Å². The Balaban J connectivity index is 2.75. The average molecular weight is 288 g/mol. The maximum atomic E-state index is 10.8. The quantitative estimate of drug-likeness (QED) is 0.252. The van der Waals surface area contributed by atoms with Gasteiger partial charge in [0.05, 0.1) is 6.54 Å². The smallest absolute Gasteiger partial charge is 0.231 e. The van der Waals surface area contributed by atoms with Crippen LogP contribution < -0.4 is 5.53 Å². The summed E-state index contributed by atoms with van der Waals surface area (Å²) in [5.41, 5.74) is 3.17. The van der Waals surface area contributed by atoms with Crippen LogP contribution in [-0.2, 0) is 0 Å². The minimum atomic E-state index is -0.826. The maximum Gasteiger partial charge on any atom is 0.231 e. The molecule has 19 heavy (non-hydrogen) atoms. The molecular formula is C9H16N6O3S. The number of hydrogen-bond donors (Lipinski definition) is 1. The highest BCUT2D eigenvalue weighted by Crippen LogP contribution is 2.23. The number of hydrogen-bond acceptors (Lipinski definition) is 8. The number of nitro groups is 1. The maximum absolute atomic E-state index is 10.8. The fraction of sp³-hybridized carbons (Fsp3) is 0.667. The fourth-order valence-corrected chi connectivity index (χ4v) is 2.23. The zero-order valence-corrected chi connectivity index (χ0v) is 11.5. The van der Waals surface area contributed by atoms with Gasteiger partial charge in [-0.25, -0.2) is 5.53 Å². The molecule has 3 unspecified atom stereocenters. The standard InChI is InChI=1S/C9H16N6O3S/c1-4-8(7(2)15(17)18)5-9(10-16)6-14-12-11-13-19(14)3/h5,7,9H,3-4,6H2,1-2H3,(H,12,13). The molecule has 1 heterocycles. The van der Waals surface area contributed by atoms with Crippen LogP contribution in [0.1, 0.15) is 20.3 Å². The molecule has 9 nitrogen and oxygen atoms in total. The van der Waals surface area contributed by atoms with Gasteiger partial charge < -0.3 is 0 Å². The minimum Gasteiger partial charge on any atom is -0.264 e. The molecule has 0 aromatic carbocycles. The van der Waals surface area contributed by atoms with E-state index < -0.39 is 22.9 Å². The van der Waals surface area contributed by atoms with Crippen LogP contribution in [-0.4, -0.2) is 33.8 Å². The van der Waals surface area contributed by atoms with Crippen LogP contribution in [0.2, 0.25) is 0 Å².